The van der Waals surface area contributed by atoms with E-state index in [1.807, 2.05) is 29.5 Å². The first kappa shape index (κ1) is 17.8. The van der Waals surface area contributed by atoms with Crippen molar-refractivity contribution in [1.29, 1.82) is 0 Å². The lowest BCUT2D eigenvalue weighted by atomic mass is 10.1. The molecule has 0 saturated heterocycles. The van der Waals surface area contributed by atoms with Crippen molar-refractivity contribution in [3.8, 4) is 5.75 Å². The van der Waals surface area contributed by atoms with Gasteiger partial charge in [-0.1, -0.05) is 12.1 Å². The van der Waals surface area contributed by atoms with Crippen LogP contribution in [0.2, 0.25) is 0 Å². The molecule has 0 radical (unpaired) electrons. The summed E-state index contributed by atoms with van der Waals surface area (Å²) < 4.78 is 5.26. The highest BCUT2D eigenvalue weighted by Crippen LogP contribution is 2.23. The van der Waals surface area contributed by atoms with Gasteiger partial charge in [-0.25, -0.2) is 0 Å². The summed E-state index contributed by atoms with van der Waals surface area (Å²) in [7, 11) is 3.49. The van der Waals surface area contributed by atoms with Crippen molar-refractivity contribution in [2.75, 3.05) is 33.8 Å². The van der Waals surface area contributed by atoms with E-state index in [1.54, 1.807) is 19.0 Å². The standard InChI is InChI=1S/C19H26N4OS/c1-20-19(22-13-15-4-3-5-17(12-15)24-2)21-8-10-23-9-6-18-16(14-23)7-11-25-18/h3-5,7,11-12H,6,8-10,13-14H2,1-2H3,(H2,20,21,22). The number of benzene rings is 1. The predicted molar refractivity (Wildman–Crippen MR) is 104 cm³/mol. The lowest BCUT2D eigenvalue weighted by molar-refractivity contribution is 0.260. The number of methoxy groups -OCH3 is 1. The van der Waals surface area contributed by atoms with Crippen molar-refractivity contribution >= 4 is 17.3 Å². The van der Waals surface area contributed by atoms with Gasteiger partial charge in [0.05, 0.1) is 7.11 Å². The monoisotopic (exact) mass is 358 g/mol. The molecule has 0 atom stereocenters. The van der Waals surface area contributed by atoms with Crippen LogP contribution in [0.25, 0.3) is 0 Å². The number of hydrogen-bond acceptors (Lipinski definition) is 4. The van der Waals surface area contributed by atoms with E-state index in [0.717, 1.165) is 44.4 Å². The third-order valence-corrected chi connectivity index (χ3v) is 5.45. The maximum Gasteiger partial charge on any atom is 0.191 e. The van der Waals surface area contributed by atoms with Crippen LogP contribution in [0, 0.1) is 0 Å². The lowest BCUT2D eigenvalue weighted by Gasteiger charge is -2.27. The molecule has 25 heavy (non-hydrogen) atoms. The van der Waals surface area contributed by atoms with Crippen molar-refractivity contribution in [3.63, 3.8) is 0 Å². The Morgan fingerprint density at radius 1 is 1.32 bits per heavy atom. The van der Waals surface area contributed by atoms with Gasteiger partial charge in [0.2, 0.25) is 0 Å². The molecule has 1 aliphatic heterocycles. The van der Waals surface area contributed by atoms with Crippen LogP contribution in [0.1, 0.15) is 16.0 Å². The quantitative estimate of drug-likeness (QED) is 0.615. The van der Waals surface area contributed by atoms with Gasteiger partial charge in [0, 0.05) is 44.6 Å². The summed E-state index contributed by atoms with van der Waals surface area (Å²) in [6, 6.07) is 10.3. The molecule has 1 aliphatic rings. The number of ether oxygens (including phenoxy) is 1. The SMILES string of the molecule is CN=C(NCCN1CCc2sccc2C1)NCc1cccc(OC)c1. The van der Waals surface area contributed by atoms with Gasteiger partial charge in [0.25, 0.3) is 0 Å². The van der Waals surface area contributed by atoms with Gasteiger partial charge in [0.15, 0.2) is 5.96 Å². The summed E-state index contributed by atoms with van der Waals surface area (Å²) in [6.45, 7) is 4.84. The first-order valence-electron chi connectivity index (χ1n) is 8.63. The Morgan fingerprint density at radius 3 is 3.08 bits per heavy atom. The Kier molecular flexibility index (Phi) is 6.30. The van der Waals surface area contributed by atoms with Gasteiger partial charge in [0.1, 0.15) is 5.75 Å². The Hall–Kier alpha value is -2.05. The van der Waals surface area contributed by atoms with E-state index in [0.29, 0.717) is 0 Å². The molecular weight excluding hydrogens is 332 g/mol. The fraction of sp³-hybridized carbons (Fsp3) is 0.421. The summed E-state index contributed by atoms with van der Waals surface area (Å²) in [5, 5.41) is 8.96. The van der Waals surface area contributed by atoms with Crippen LogP contribution in [0.4, 0.5) is 0 Å². The average Bonchev–Trinajstić information content (AvgIpc) is 3.12. The van der Waals surface area contributed by atoms with Gasteiger partial charge in [-0.2, -0.15) is 0 Å². The molecule has 3 rings (SSSR count). The van der Waals surface area contributed by atoms with Crippen molar-refractivity contribution in [1.82, 2.24) is 15.5 Å². The van der Waals surface area contributed by atoms with Gasteiger partial charge < -0.3 is 15.4 Å². The summed E-state index contributed by atoms with van der Waals surface area (Å²) in [5.74, 6) is 1.70. The minimum atomic E-state index is 0.721. The maximum absolute atomic E-state index is 5.26. The van der Waals surface area contributed by atoms with E-state index in [4.69, 9.17) is 4.74 Å². The largest absolute Gasteiger partial charge is 0.497 e. The highest BCUT2D eigenvalue weighted by Gasteiger charge is 2.16. The van der Waals surface area contributed by atoms with Crippen molar-refractivity contribution < 1.29 is 4.74 Å². The molecule has 0 aliphatic carbocycles. The minimum Gasteiger partial charge on any atom is -0.497 e. The molecule has 1 aromatic carbocycles. The molecule has 0 fully saturated rings. The molecule has 2 aromatic rings. The zero-order chi connectivity index (χ0) is 17.5. The molecular formula is C19H26N4OS. The smallest absolute Gasteiger partial charge is 0.191 e. The Labute approximate surface area is 153 Å². The zero-order valence-electron chi connectivity index (χ0n) is 14.9. The molecule has 0 spiro atoms. The second-order valence-electron chi connectivity index (χ2n) is 6.10. The van der Waals surface area contributed by atoms with E-state index in [1.165, 1.54) is 17.5 Å². The Bertz CT molecular complexity index is 713. The molecule has 1 aromatic heterocycles. The first-order chi connectivity index (χ1) is 12.3. The zero-order valence-corrected chi connectivity index (χ0v) is 15.7. The summed E-state index contributed by atoms with van der Waals surface area (Å²) in [6.07, 6.45) is 1.18. The highest BCUT2D eigenvalue weighted by molar-refractivity contribution is 7.10. The fourth-order valence-electron chi connectivity index (χ4n) is 3.02. The van der Waals surface area contributed by atoms with E-state index >= 15 is 0 Å². The van der Waals surface area contributed by atoms with E-state index < -0.39 is 0 Å². The summed E-state index contributed by atoms with van der Waals surface area (Å²) >= 11 is 1.89. The van der Waals surface area contributed by atoms with Crippen LogP contribution in [-0.4, -0.2) is 44.7 Å². The second kappa shape index (κ2) is 8.87. The maximum atomic E-state index is 5.26. The number of hydrogen-bond donors (Lipinski definition) is 2. The highest BCUT2D eigenvalue weighted by atomic mass is 32.1. The van der Waals surface area contributed by atoms with Crippen LogP contribution < -0.4 is 15.4 Å². The number of aliphatic imine (C=N–C) groups is 1. The number of guanidine groups is 1. The normalized spacial score (nSPS) is 14.9. The topological polar surface area (TPSA) is 48.9 Å². The molecule has 0 unspecified atom stereocenters. The summed E-state index contributed by atoms with van der Waals surface area (Å²) in [4.78, 5) is 8.36. The van der Waals surface area contributed by atoms with Crippen LogP contribution in [0.3, 0.4) is 0 Å². The Morgan fingerprint density at radius 2 is 2.24 bits per heavy atom. The first-order valence-corrected chi connectivity index (χ1v) is 9.51. The van der Waals surface area contributed by atoms with Gasteiger partial charge in [-0.05, 0) is 41.1 Å². The molecule has 0 amide bonds. The predicted octanol–water partition coefficient (Wildman–Crippen LogP) is 2.48. The molecule has 0 bridgehead atoms. The third kappa shape index (κ3) is 4.96. The molecule has 6 heteroatoms. The van der Waals surface area contributed by atoms with Crippen LogP contribution in [0.15, 0.2) is 40.7 Å². The molecule has 2 N–H and O–H groups in total. The van der Waals surface area contributed by atoms with E-state index in [-0.39, 0.29) is 0 Å². The second-order valence-corrected chi connectivity index (χ2v) is 7.10. The van der Waals surface area contributed by atoms with Gasteiger partial charge in [-0.3, -0.25) is 9.89 Å². The molecule has 0 saturated carbocycles. The van der Waals surface area contributed by atoms with Crippen molar-refractivity contribution in [3.05, 3.63) is 51.7 Å². The number of thiophene rings is 1. The molecule has 134 valence electrons. The number of nitrogens with zero attached hydrogens (tertiary/aromatic N) is 2. The molecule has 2 heterocycles. The number of fused-ring (bicyclic) bond motifs is 1. The minimum absolute atomic E-state index is 0.721. The number of nitrogens with one attached hydrogen (secondary N) is 2. The fourth-order valence-corrected chi connectivity index (χ4v) is 3.91. The Balaban J connectivity index is 1.41. The van der Waals surface area contributed by atoms with E-state index in [9.17, 15) is 0 Å². The van der Waals surface area contributed by atoms with Crippen molar-refractivity contribution in [2.24, 2.45) is 4.99 Å². The number of rotatable bonds is 6. The van der Waals surface area contributed by atoms with E-state index in [2.05, 4.69) is 38.0 Å². The van der Waals surface area contributed by atoms with Crippen LogP contribution in [0.5, 0.6) is 5.75 Å². The van der Waals surface area contributed by atoms with Gasteiger partial charge in [-0.15, -0.1) is 11.3 Å². The summed E-state index contributed by atoms with van der Waals surface area (Å²) in [5.41, 5.74) is 2.67. The van der Waals surface area contributed by atoms with Crippen LogP contribution in [-0.2, 0) is 19.5 Å². The van der Waals surface area contributed by atoms with Crippen molar-refractivity contribution in [2.45, 2.75) is 19.5 Å². The lowest BCUT2D eigenvalue weighted by Crippen LogP contribution is -2.42. The third-order valence-electron chi connectivity index (χ3n) is 4.42. The van der Waals surface area contributed by atoms with Crippen LogP contribution >= 0.6 is 11.3 Å². The average molecular weight is 359 g/mol. The van der Waals surface area contributed by atoms with Gasteiger partial charge >= 0.3 is 0 Å². The molecule has 5 nitrogen and oxygen atoms in total.